The Morgan fingerprint density at radius 1 is 0.605 bits per heavy atom. The summed E-state index contributed by atoms with van der Waals surface area (Å²) in [6.45, 7) is 0. The number of anilines is 2. The van der Waals surface area contributed by atoms with Crippen LogP contribution in [0.2, 0.25) is 0 Å². The molecular weight excluding hydrogens is 619 g/mol. The second kappa shape index (κ2) is 20.7. The summed E-state index contributed by atoms with van der Waals surface area (Å²) in [5.74, 6) is -5.63. The summed E-state index contributed by atoms with van der Waals surface area (Å²) >= 11 is 0. The fourth-order valence-electron chi connectivity index (χ4n) is 1.80. The Balaban J connectivity index is -0.000000199. The maximum Gasteiger partial charge on any atom is 2.00 e. The summed E-state index contributed by atoms with van der Waals surface area (Å²) in [6.07, 6.45) is 3.79. The number of carboxylic acids is 4. The maximum atomic E-state index is 9.28. The van der Waals surface area contributed by atoms with E-state index in [9.17, 15) is 39.6 Å². The molecule has 214 valence electrons. The van der Waals surface area contributed by atoms with Crippen molar-refractivity contribution in [2.24, 2.45) is 0 Å². The molecule has 0 aromatic carbocycles. The van der Waals surface area contributed by atoms with Crippen molar-refractivity contribution in [3.8, 4) is 0 Å². The number of hydrogen-bond acceptors (Lipinski definition) is 16. The SMILES string of the molecule is Nc1ncnc2nc[nH]c12.Nc1ncnc2nc[nH]c12.O=C([O-])CC(=O)[O-].O=C([O-])CC(=O)[O-].[Cu+2].[Cu+2].[OH3+].[OH3+]. The molecular formula is C16H20Cu2N10O10+2. The van der Waals surface area contributed by atoms with Gasteiger partial charge >= 0.3 is 34.1 Å². The molecule has 0 amide bonds. The molecule has 0 saturated carbocycles. The summed E-state index contributed by atoms with van der Waals surface area (Å²) in [7, 11) is 0. The zero-order valence-electron chi connectivity index (χ0n) is 18.6. The van der Waals surface area contributed by atoms with Gasteiger partial charge in [-0.25, -0.2) is 29.9 Å². The first kappa shape index (κ1) is 40.7. The summed E-state index contributed by atoms with van der Waals surface area (Å²) in [4.78, 5) is 65.8. The molecule has 4 heterocycles. The second-order valence-electron chi connectivity index (χ2n) is 5.56. The van der Waals surface area contributed by atoms with Crippen LogP contribution in [0, 0.1) is 0 Å². The topological polar surface area (TPSA) is 387 Å². The van der Waals surface area contributed by atoms with E-state index in [1.807, 2.05) is 0 Å². The third kappa shape index (κ3) is 15.5. The van der Waals surface area contributed by atoms with Gasteiger partial charge in [0.1, 0.15) is 23.7 Å². The van der Waals surface area contributed by atoms with Gasteiger partial charge in [-0.05, 0) is 0 Å². The van der Waals surface area contributed by atoms with Gasteiger partial charge in [0.2, 0.25) is 0 Å². The largest absolute Gasteiger partial charge is 2.00 e. The normalized spacial score (nSPS) is 8.42. The van der Waals surface area contributed by atoms with E-state index >= 15 is 0 Å². The van der Waals surface area contributed by atoms with Crippen LogP contribution < -0.4 is 31.9 Å². The van der Waals surface area contributed by atoms with Crippen molar-refractivity contribution < 1.29 is 84.7 Å². The van der Waals surface area contributed by atoms with E-state index in [1.165, 1.54) is 25.3 Å². The van der Waals surface area contributed by atoms with E-state index in [1.54, 1.807) is 0 Å². The third-order valence-corrected chi connectivity index (χ3v) is 3.08. The number of hydrogen-bond donors (Lipinski definition) is 4. The number of carboxylic acid groups (broad SMARTS) is 4. The predicted molar refractivity (Wildman–Crippen MR) is 111 cm³/mol. The molecule has 22 heteroatoms. The van der Waals surface area contributed by atoms with Crippen LogP contribution in [0.5, 0.6) is 0 Å². The molecule has 4 rings (SSSR count). The Hall–Kier alpha value is -4.46. The van der Waals surface area contributed by atoms with Gasteiger partial charge in [-0.2, -0.15) is 0 Å². The molecule has 0 aliphatic heterocycles. The van der Waals surface area contributed by atoms with Crippen molar-refractivity contribution >= 4 is 57.8 Å². The fraction of sp³-hybridized carbons (Fsp3) is 0.125. The molecule has 38 heavy (non-hydrogen) atoms. The number of carbonyl (C=O) groups excluding carboxylic acids is 4. The van der Waals surface area contributed by atoms with E-state index in [4.69, 9.17) is 11.5 Å². The molecule has 4 aromatic rings. The van der Waals surface area contributed by atoms with Crippen LogP contribution in [0.25, 0.3) is 22.3 Å². The number of nitrogen functional groups attached to an aromatic ring is 2. The van der Waals surface area contributed by atoms with Crippen LogP contribution in [-0.2, 0) is 64.3 Å². The minimum atomic E-state index is -1.63. The zero-order chi connectivity index (χ0) is 25.7. The fourth-order valence-corrected chi connectivity index (χ4v) is 1.80. The summed E-state index contributed by atoms with van der Waals surface area (Å²) in [6, 6.07) is 0. The third-order valence-electron chi connectivity index (χ3n) is 3.08. The van der Waals surface area contributed by atoms with Gasteiger partial charge in [0.25, 0.3) is 0 Å². The summed E-state index contributed by atoms with van der Waals surface area (Å²) in [5, 5.41) is 37.1. The Kier molecular flexibility index (Phi) is 22.2. The van der Waals surface area contributed by atoms with E-state index < -0.39 is 36.7 Å². The number of rotatable bonds is 4. The smallest absolute Gasteiger partial charge is 0.550 e. The maximum absolute atomic E-state index is 9.28. The average Bonchev–Trinajstić information content (AvgIpc) is 3.38. The average molecular weight is 639 g/mol. The first-order valence-electron chi connectivity index (χ1n) is 8.59. The Morgan fingerprint density at radius 3 is 1.11 bits per heavy atom. The van der Waals surface area contributed by atoms with Crippen LogP contribution in [0.3, 0.4) is 0 Å². The van der Waals surface area contributed by atoms with Gasteiger partial charge < -0.3 is 72.0 Å². The van der Waals surface area contributed by atoms with Gasteiger partial charge in [0.15, 0.2) is 22.9 Å². The van der Waals surface area contributed by atoms with Gasteiger partial charge in [-0.15, -0.1) is 0 Å². The molecule has 0 aliphatic carbocycles. The number of imidazole rings is 2. The van der Waals surface area contributed by atoms with Crippen molar-refractivity contribution in [2.75, 3.05) is 11.5 Å². The number of aliphatic carboxylic acids is 4. The Bertz CT molecular complexity index is 1160. The van der Waals surface area contributed by atoms with Gasteiger partial charge in [-0.3, -0.25) is 0 Å². The van der Waals surface area contributed by atoms with Crippen molar-refractivity contribution in [2.45, 2.75) is 12.8 Å². The number of nitrogens with zero attached hydrogens (tertiary/aromatic N) is 6. The molecule has 4 aromatic heterocycles. The van der Waals surface area contributed by atoms with Crippen LogP contribution in [-0.4, -0.2) is 63.7 Å². The van der Waals surface area contributed by atoms with Crippen LogP contribution in [0.15, 0.2) is 25.3 Å². The second-order valence-corrected chi connectivity index (χ2v) is 5.56. The van der Waals surface area contributed by atoms with Gasteiger partial charge in [-0.1, -0.05) is 0 Å². The molecule has 0 saturated heterocycles. The van der Waals surface area contributed by atoms with E-state index in [0.29, 0.717) is 34.0 Å². The van der Waals surface area contributed by atoms with Gasteiger partial charge in [0.05, 0.1) is 12.7 Å². The van der Waals surface area contributed by atoms with Crippen molar-refractivity contribution in [3.63, 3.8) is 0 Å². The molecule has 0 unspecified atom stereocenters. The number of aromatic nitrogens is 8. The van der Waals surface area contributed by atoms with E-state index in [0.717, 1.165) is 0 Å². The molecule has 12 N–H and O–H groups in total. The summed E-state index contributed by atoms with van der Waals surface area (Å²) in [5.41, 5.74) is 13.6. The number of nitrogens with one attached hydrogen (secondary N) is 2. The minimum Gasteiger partial charge on any atom is -0.550 e. The standard InChI is InChI=1S/2C5H5N5.2C3H4O4.2Cu.2H2O/c2*6-4-3-5(9-1-7-3)10-2-8-4;2*4-2(5)1-3(6)7;;;;/h2*1-2H,(H3,6,7,8,9,10);2*1H2,(H,4,5)(H,6,7);;;2*1H2/q;;;;2*+2;;/p-2. The molecule has 0 atom stereocenters. The van der Waals surface area contributed by atoms with Crippen LogP contribution in [0.1, 0.15) is 12.8 Å². The van der Waals surface area contributed by atoms with E-state index in [2.05, 4.69) is 39.9 Å². The van der Waals surface area contributed by atoms with Crippen molar-refractivity contribution in [1.82, 2.24) is 39.9 Å². The van der Waals surface area contributed by atoms with Crippen molar-refractivity contribution in [1.29, 1.82) is 0 Å². The number of H-pyrrole nitrogens is 2. The summed E-state index contributed by atoms with van der Waals surface area (Å²) < 4.78 is 0. The number of carbonyl (C=O) groups is 4. The zero-order valence-corrected chi connectivity index (χ0v) is 20.5. The molecule has 0 fully saturated rings. The Morgan fingerprint density at radius 2 is 0.895 bits per heavy atom. The van der Waals surface area contributed by atoms with E-state index in [-0.39, 0.29) is 45.1 Å². The van der Waals surface area contributed by atoms with Crippen molar-refractivity contribution in [3.05, 3.63) is 25.3 Å². The van der Waals surface area contributed by atoms with Crippen LogP contribution in [0.4, 0.5) is 11.6 Å². The number of aromatic amines is 2. The quantitative estimate of drug-likeness (QED) is 0.0914. The minimum absolute atomic E-state index is 0. The molecule has 20 nitrogen and oxygen atoms in total. The predicted octanol–water partition coefficient (Wildman–Crippen LogP) is -8.23. The first-order valence-corrected chi connectivity index (χ1v) is 8.59. The molecule has 0 spiro atoms. The molecule has 0 bridgehead atoms. The molecule has 2 radical (unpaired) electrons. The molecule has 0 aliphatic rings. The Labute approximate surface area is 231 Å². The van der Waals surface area contributed by atoms with Gasteiger partial charge in [0, 0.05) is 36.7 Å². The number of fused-ring (bicyclic) bond motifs is 2. The first-order chi connectivity index (χ1) is 16.0. The monoisotopic (exact) mass is 638 g/mol. The number of nitrogens with two attached hydrogens (primary N) is 2. The van der Waals surface area contributed by atoms with Crippen LogP contribution >= 0.6 is 0 Å².